The lowest BCUT2D eigenvalue weighted by Gasteiger charge is -2.35. The van der Waals surface area contributed by atoms with Crippen LogP contribution in [0.1, 0.15) is 27.7 Å². The van der Waals surface area contributed by atoms with Crippen LogP contribution >= 0.6 is 0 Å². The molecule has 6 nitrogen and oxygen atoms in total. The van der Waals surface area contributed by atoms with Crippen molar-refractivity contribution in [2.75, 3.05) is 19.7 Å². The van der Waals surface area contributed by atoms with E-state index in [1.165, 1.54) is 4.90 Å². The maximum atomic E-state index is 12.1. The number of carbonyl (C=O) groups is 1. The van der Waals surface area contributed by atoms with Gasteiger partial charge in [0.15, 0.2) is 0 Å². The number of carbonyl (C=O) groups excluding carboxylic acids is 1. The summed E-state index contributed by atoms with van der Waals surface area (Å²) in [5.41, 5.74) is 0.0549. The molecule has 0 aromatic rings. The van der Waals surface area contributed by atoms with Gasteiger partial charge in [-0.1, -0.05) is 12.7 Å². The second-order valence-corrected chi connectivity index (χ2v) is 5.86. The van der Waals surface area contributed by atoms with E-state index in [1.807, 2.05) is 32.6 Å². The molecule has 0 aromatic carbocycles. The highest BCUT2D eigenvalue weighted by atomic mass is 16.6. The van der Waals surface area contributed by atoms with E-state index in [0.717, 1.165) is 5.84 Å². The largest absolute Gasteiger partial charge is 0.443 e. The molecule has 1 aliphatic rings. The van der Waals surface area contributed by atoms with Crippen LogP contribution in [-0.2, 0) is 4.74 Å². The summed E-state index contributed by atoms with van der Waals surface area (Å²) in [6.45, 7) is 11.7. The highest BCUT2D eigenvalue weighted by molar-refractivity contribution is 5.82. The minimum atomic E-state index is -0.547. The van der Waals surface area contributed by atoms with Crippen LogP contribution in [0.5, 0.6) is 0 Å². The predicted molar refractivity (Wildman–Crippen MR) is 87.3 cm³/mol. The molecule has 1 heterocycles. The number of rotatable bonds is 3. The number of amidine groups is 1. The highest BCUT2D eigenvalue weighted by Gasteiger charge is 2.26. The number of hydrogen-bond donors (Lipinski definition) is 1. The van der Waals surface area contributed by atoms with Crippen LogP contribution in [0, 0.1) is 0 Å². The van der Waals surface area contributed by atoms with E-state index in [0.29, 0.717) is 18.8 Å². The number of hydrogen-bond acceptors (Lipinski definition) is 4. The highest BCUT2D eigenvalue weighted by Crippen LogP contribution is 2.17. The summed E-state index contributed by atoms with van der Waals surface area (Å²) < 4.78 is 5.33. The molecular formula is C16H25N3O3. The molecule has 0 saturated carbocycles. The Morgan fingerprint density at radius 3 is 2.73 bits per heavy atom. The molecule has 22 heavy (non-hydrogen) atoms. The van der Waals surface area contributed by atoms with Crippen molar-refractivity contribution in [3.8, 4) is 0 Å². The van der Waals surface area contributed by atoms with Crippen LogP contribution in [0.2, 0.25) is 0 Å². The van der Waals surface area contributed by atoms with E-state index in [2.05, 4.69) is 11.6 Å². The molecule has 0 spiro atoms. The summed E-state index contributed by atoms with van der Waals surface area (Å²) in [7, 11) is 0. The lowest BCUT2D eigenvalue weighted by atomic mass is 10.2. The van der Waals surface area contributed by atoms with E-state index < -0.39 is 11.7 Å². The van der Waals surface area contributed by atoms with Crippen molar-refractivity contribution in [1.29, 1.82) is 0 Å². The number of aliphatic imine (C=N–C) groups is 1. The van der Waals surface area contributed by atoms with Gasteiger partial charge in [0.1, 0.15) is 11.4 Å². The first kappa shape index (κ1) is 18.0. The van der Waals surface area contributed by atoms with Gasteiger partial charge in [-0.25, -0.2) is 9.79 Å². The fourth-order valence-electron chi connectivity index (χ4n) is 1.91. The maximum absolute atomic E-state index is 12.1. The molecule has 6 heteroatoms. The smallest absolute Gasteiger partial charge is 0.414 e. The summed E-state index contributed by atoms with van der Waals surface area (Å²) in [6.07, 6.45) is 6.19. The lowest BCUT2D eigenvalue weighted by Crippen LogP contribution is -2.45. The van der Waals surface area contributed by atoms with Gasteiger partial charge >= 0.3 is 6.09 Å². The number of nitrogens with zero attached hydrogens (tertiary/aromatic N) is 3. The number of allylic oxidation sites excluding steroid dienone is 2. The fourth-order valence-corrected chi connectivity index (χ4v) is 1.91. The average Bonchev–Trinajstić information content (AvgIpc) is 2.44. The normalized spacial score (nSPS) is 16.8. The lowest BCUT2D eigenvalue weighted by molar-refractivity contribution is 0.0309. The van der Waals surface area contributed by atoms with Gasteiger partial charge < -0.3 is 14.7 Å². The Hall–Kier alpha value is -2.08. The predicted octanol–water partition coefficient (Wildman–Crippen LogP) is 2.49. The van der Waals surface area contributed by atoms with Gasteiger partial charge in [-0.2, -0.15) is 0 Å². The first-order chi connectivity index (χ1) is 10.3. The monoisotopic (exact) mass is 307 g/mol. The molecule has 0 radical (unpaired) electrons. The van der Waals surface area contributed by atoms with Crippen LogP contribution < -0.4 is 0 Å². The number of aliphatic hydroxyl groups excluding tert-OH is 1. The molecule has 0 fully saturated rings. The molecule has 0 bridgehead atoms. The maximum Gasteiger partial charge on any atom is 0.414 e. The molecule has 1 amide bonds. The molecule has 1 N–H and O–H groups in total. The molecule has 0 saturated heterocycles. The third-order valence-corrected chi connectivity index (χ3v) is 2.88. The molecule has 0 aliphatic carbocycles. The topological polar surface area (TPSA) is 65.4 Å². The Morgan fingerprint density at radius 2 is 2.18 bits per heavy atom. The van der Waals surface area contributed by atoms with Crippen molar-refractivity contribution >= 4 is 11.9 Å². The fraction of sp³-hybridized carbons (Fsp3) is 0.500. The van der Waals surface area contributed by atoms with Gasteiger partial charge in [-0.15, -0.1) is 0 Å². The van der Waals surface area contributed by atoms with E-state index in [-0.39, 0.29) is 6.61 Å². The number of amides is 1. The Bertz CT molecular complexity index is 501. The zero-order valence-electron chi connectivity index (χ0n) is 13.7. The Labute approximate surface area is 132 Å². The van der Waals surface area contributed by atoms with Gasteiger partial charge in [0.05, 0.1) is 12.3 Å². The van der Waals surface area contributed by atoms with Crippen LogP contribution in [0.3, 0.4) is 0 Å². The van der Waals surface area contributed by atoms with Crippen LogP contribution in [0.4, 0.5) is 4.79 Å². The summed E-state index contributed by atoms with van der Waals surface area (Å²) in [5, 5.41) is 9.54. The first-order valence-corrected chi connectivity index (χ1v) is 7.19. The molecule has 0 aromatic heterocycles. The Kier molecular flexibility index (Phi) is 6.37. The minimum absolute atomic E-state index is 0.183. The third-order valence-electron chi connectivity index (χ3n) is 2.88. The van der Waals surface area contributed by atoms with Crippen LogP contribution in [0.15, 0.2) is 41.8 Å². The zero-order valence-corrected chi connectivity index (χ0v) is 13.7. The van der Waals surface area contributed by atoms with Gasteiger partial charge in [0.25, 0.3) is 0 Å². The molecule has 1 rings (SSSR count). The standard InChI is InChI=1S/C16H25N3O3/c1-6-7-8-17-13(2)19-10-9-18(11-14(19)12-20)15(21)22-16(3,4)5/h6-8,11,20H,1,9-10,12H2,2-5H3/b8-7-,17-13?. The second kappa shape index (κ2) is 7.79. The van der Waals surface area contributed by atoms with Crippen molar-refractivity contribution < 1.29 is 14.6 Å². The molecule has 0 unspecified atom stereocenters. The molecule has 1 aliphatic heterocycles. The molecule has 122 valence electrons. The van der Waals surface area contributed by atoms with E-state index in [1.54, 1.807) is 24.6 Å². The van der Waals surface area contributed by atoms with Crippen LogP contribution in [-0.4, -0.2) is 52.1 Å². The summed E-state index contributed by atoms with van der Waals surface area (Å²) in [5.74, 6) is 0.738. The van der Waals surface area contributed by atoms with Crippen molar-refractivity contribution in [2.45, 2.75) is 33.3 Å². The number of ether oxygens (including phenoxy) is 1. The van der Waals surface area contributed by atoms with E-state index >= 15 is 0 Å². The summed E-state index contributed by atoms with van der Waals surface area (Å²) in [4.78, 5) is 19.7. The summed E-state index contributed by atoms with van der Waals surface area (Å²) >= 11 is 0. The quantitative estimate of drug-likeness (QED) is 0.494. The van der Waals surface area contributed by atoms with Crippen LogP contribution in [0.25, 0.3) is 0 Å². The van der Waals surface area contributed by atoms with Crippen molar-refractivity contribution in [1.82, 2.24) is 9.80 Å². The van der Waals surface area contributed by atoms with Crippen molar-refractivity contribution in [2.24, 2.45) is 4.99 Å². The van der Waals surface area contributed by atoms with Gasteiger partial charge in [0, 0.05) is 25.5 Å². The third kappa shape index (κ3) is 5.37. The zero-order chi connectivity index (χ0) is 16.8. The van der Waals surface area contributed by atoms with Gasteiger partial charge in [-0.3, -0.25) is 4.90 Å². The molecular weight excluding hydrogens is 282 g/mol. The van der Waals surface area contributed by atoms with Crippen molar-refractivity contribution in [3.05, 3.63) is 36.8 Å². The van der Waals surface area contributed by atoms with Gasteiger partial charge in [-0.05, 0) is 33.8 Å². The minimum Gasteiger partial charge on any atom is -0.443 e. The van der Waals surface area contributed by atoms with E-state index in [4.69, 9.17) is 4.74 Å². The Balaban J connectivity index is 2.86. The van der Waals surface area contributed by atoms with E-state index in [9.17, 15) is 9.90 Å². The summed E-state index contributed by atoms with van der Waals surface area (Å²) in [6, 6.07) is 0. The van der Waals surface area contributed by atoms with Gasteiger partial charge in [0.2, 0.25) is 0 Å². The second-order valence-electron chi connectivity index (χ2n) is 5.86. The Morgan fingerprint density at radius 1 is 1.50 bits per heavy atom. The van der Waals surface area contributed by atoms with Crippen molar-refractivity contribution in [3.63, 3.8) is 0 Å². The number of aliphatic hydroxyl groups is 1. The average molecular weight is 307 g/mol. The first-order valence-electron chi connectivity index (χ1n) is 7.19. The SMILES string of the molecule is C=C/C=C\N=C(C)N1CCN(C(=O)OC(C)(C)C)C=C1CO. The molecule has 0 atom stereocenters.